The summed E-state index contributed by atoms with van der Waals surface area (Å²) in [6, 6.07) is 84.2. The number of para-hydroxylation sites is 1. The maximum atomic E-state index is 2.71. The lowest BCUT2D eigenvalue weighted by Crippen LogP contribution is -2.63. The molecule has 3 heteroatoms. The van der Waals surface area contributed by atoms with Crippen molar-refractivity contribution in [3.8, 4) is 50.2 Å². The summed E-state index contributed by atoms with van der Waals surface area (Å²) in [5.41, 5.74) is 22.1. The fraction of sp³-hybridized carbons (Fsp3) is 0. The second-order valence-electron chi connectivity index (χ2n) is 17.5. The molecule has 0 bridgehead atoms. The minimum Gasteiger partial charge on any atom is -0.311 e. The van der Waals surface area contributed by atoms with E-state index in [4.69, 9.17) is 0 Å². The molecule has 11 aromatic carbocycles. The predicted molar refractivity (Wildman–Crippen MR) is 271 cm³/mol. The molecule has 0 radical (unpaired) electrons. The summed E-state index contributed by atoms with van der Waals surface area (Å²) in [5.74, 6) is 0. The van der Waals surface area contributed by atoms with Crippen LogP contribution >= 0.6 is 0 Å². The van der Waals surface area contributed by atoms with Crippen molar-refractivity contribution in [2.24, 2.45) is 0 Å². The summed E-state index contributed by atoms with van der Waals surface area (Å²) in [5, 5.41) is 8.04. The van der Waals surface area contributed by atoms with Crippen LogP contribution < -0.4 is 32.8 Å². The molecule has 0 unspecified atom stereocenters. The Morgan fingerprint density at radius 3 is 1.08 bits per heavy atom. The van der Waals surface area contributed by atoms with Crippen LogP contribution in [-0.4, -0.2) is 18.0 Å². The molecule has 0 aliphatic carbocycles. The molecule has 0 spiro atoms. The van der Waals surface area contributed by atoms with E-state index in [0.29, 0.717) is 0 Å². The summed E-state index contributed by atoms with van der Waals surface area (Å²) in [6.45, 7) is -0.0338. The summed E-state index contributed by atoms with van der Waals surface area (Å²) in [6.07, 6.45) is 0. The SMILES string of the molecule is c1ccc(-c2ccc(-c3ccccc3)c(B3c4cccc5c4-n4c6c3ccc3c7ccccc7c7ccc(c4c7c36)B5c3cc(-c4ccccc4)ccc3-c3ccccc3)c2)cc1. The number of hydrogen-bond donors (Lipinski definition) is 0. The molecule has 63 heavy (non-hydrogen) atoms. The Morgan fingerprint density at radius 2 is 0.651 bits per heavy atom. The van der Waals surface area contributed by atoms with E-state index in [0.717, 1.165) is 0 Å². The Morgan fingerprint density at radius 1 is 0.254 bits per heavy atom. The summed E-state index contributed by atoms with van der Waals surface area (Å²) < 4.78 is 2.71. The highest BCUT2D eigenvalue weighted by Gasteiger charge is 2.43. The van der Waals surface area contributed by atoms with Gasteiger partial charge in [0.25, 0.3) is 0 Å². The highest BCUT2D eigenvalue weighted by molar-refractivity contribution is 7.02. The van der Waals surface area contributed by atoms with Crippen LogP contribution in [0.25, 0.3) is 93.5 Å². The molecule has 3 heterocycles. The highest BCUT2D eigenvalue weighted by atomic mass is 15.0. The molecule has 288 valence electrons. The van der Waals surface area contributed by atoms with Crippen LogP contribution in [0.3, 0.4) is 0 Å². The molecule has 14 rings (SSSR count). The molecule has 0 amide bonds. The van der Waals surface area contributed by atoms with Gasteiger partial charge in [0.15, 0.2) is 0 Å². The molecule has 0 atom stereocenters. The van der Waals surface area contributed by atoms with Crippen molar-refractivity contribution in [1.82, 2.24) is 4.57 Å². The largest absolute Gasteiger partial charge is 0.311 e. The zero-order valence-corrected chi connectivity index (χ0v) is 34.5. The highest BCUT2D eigenvalue weighted by Crippen LogP contribution is 2.44. The number of fused-ring (bicyclic) bond motifs is 3. The van der Waals surface area contributed by atoms with E-state index in [1.54, 1.807) is 0 Å². The maximum Gasteiger partial charge on any atom is 0.247 e. The molecular weight excluding hydrogens is 756 g/mol. The Kier molecular flexibility index (Phi) is 7.35. The molecule has 2 aliphatic heterocycles. The first kappa shape index (κ1) is 34.8. The minimum atomic E-state index is -0.0169. The molecule has 12 aromatic rings. The lowest BCUT2D eigenvalue weighted by atomic mass is 9.30. The van der Waals surface area contributed by atoms with E-state index in [2.05, 4.69) is 229 Å². The van der Waals surface area contributed by atoms with Crippen LogP contribution in [0.15, 0.2) is 224 Å². The Bertz CT molecular complexity index is 3540. The van der Waals surface area contributed by atoms with E-state index in [9.17, 15) is 0 Å². The lowest BCUT2D eigenvalue weighted by molar-refractivity contribution is 1.20. The zero-order chi connectivity index (χ0) is 41.2. The van der Waals surface area contributed by atoms with Crippen LogP contribution in [0, 0.1) is 0 Å². The van der Waals surface area contributed by atoms with Crippen LogP contribution in [0.1, 0.15) is 0 Å². The predicted octanol–water partition coefficient (Wildman–Crippen LogP) is 10.9. The van der Waals surface area contributed by atoms with Crippen LogP contribution in [0.2, 0.25) is 0 Å². The Labute approximate surface area is 367 Å². The number of rotatable bonds is 6. The smallest absolute Gasteiger partial charge is 0.247 e. The van der Waals surface area contributed by atoms with Gasteiger partial charge in [0.05, 0.1) is 0 Å². The Balaban J connectivity index is 1.15. The van der Waals surface area contributed by atoms with Gasteiger partial charge in [0, 0.05) is 27.5 Å². The lowest BCUT2D eigenvalue weighted by Gasteiger charge is -2.35. The van der Waals surface area contributed by atoms with E-state index >= 15 is 0 Å². The number of nitrogens with zero attached hydrogens (tertiary/aromatic N) is 1. The van der Waals surface area contributed by atoms with Crippen molar-refractivity contribution in [2.75, 3.05) is 0 Å². The fourth-order valence-electron chi connectivity index (χ4n) is 11.7. The first-order valence-electron chi connectivity index (χ1n) is 22.2. The molecular formula is C60H37B2N. The van der Waals surface area contributed by atoms with Crippen molar-refractivity contribution >= 4 is 89.6 Å². The maximum absolute atomic E-state index is 2.71. The fourth-order valence-corrected chi connectivity index (χ4v) is 11.7. The number of hydrogen-bond acceptors (Lipinski definition) is 0. The van der Waals surface area contributed by atoms with Crippen molar-refractivity contribution in [3.05, 3.63) is 224 Å². The zero-order valence-electron chi connectivity index (χ0n) is 34.5. The van der Waals surface area contributed by atoms with Gasteiger partial charge in [-0.15, -0.1) is 0 Å². The van der Waals surface area contributed by atoms with Crippen molar-refractivity contribution in [2.45, 2.75) is 0 Å². The first-order valence-corrected chi connectivity index (χ1v) is 22.2. The molecule has 0 fully saturated rings. The molecule has 1 nitrogen and oxygen atoms in total. The summed E-state index contributed by atoms with van der Waals surface area (Å²) in [7, 11) is 0. The van der Waals surface area contributed by atoms with Crippen molar-refractivity contribution in [3.63, 3.8) is 0 Å². The third-order valence-electron chi connectivity index (χ3n) is 14.3. The third kappa shape index (κ3) is 4.91. The summed E-state index contributed by atoms with van der Waals surface area (Å²) in [4.78, 5) is 0. The third-order valence-corrected chi connectivity index (χ3v) is 14.3. The van der Waals surface area contributed by atoms with Crippen LogP contribution in [0.4, 0.5) is 0 Å². The minimum absolute atomic E-state index is 0.0169. The molecule has 0 N–H and O–H groups in total. The van der Waals surface area contributed by atoms with Crippen LogP contribution in [-0.2, 0) is 0 Å². The van der Waals surface area contributed by atoms with E-state index in [1.165, 1.54) is 126 Å². The van der Waals surface area contributed by atoms with Crippen molar-refractivity contribution in [1.29, 1.82) is 0 Å². The van der Waals surface area contributed by atoms with Gasteiger partial charge in [0.2, 0.25) is 13.4 Å². The number of aromatic nitrogens is 1. The molecule has 2 aliphatic rings. The average molecular weight is 794 g/mol. The Hall–Kier alpha value is -7.87. The second kappa shape index (κ2) is 13.3. The number of benzene rings is 11. The molecule has 1 aromatic heterocycles. The van der Waals surface area contributed by atoms with E-state index in [1.807, 2.05) is 0 Å². The van der Waals surface area contributed by atoms with Gasteiger partial charge in [-0.1, -0.05) is 235 Å². The monoisotopic (exact) mass is 793 g/mol. The topological polar surface area (TPSA) is 4.93 Å². The van der Waals surface area contributed by atoms with Gasteiger partial charge >= 0.3 is 0 Å². The average Bonchev–Trinajstić information content (AvgIpc) is 3.73. The van der Waals surface area contributed by atoms with Gasteiger partial charge in [-0.05, 0) is 87.9 Å². The standard InChI is InChI=1S/C60H37B2N/c1-5-16-38(17-6-1)42-28-30-44(40-20-9-3-10-21-40)54(36-42)61-50-26-15-27-51-58(50)63-59-52(61)34-32-48-46-24-13-14-25-47(46)49-33-35-53(60(63)57(49)56(48)59)62(51)55-37-43(39-18-7-2-8-19-39)29-31-45(55)41-22-11-4-12-23-41/h1-37H. The quantitative estimate of drug-likeness (QED) is 0.117. The van der Waals surface area contributed by atoms with Gasteiger partial charge in [0.1, 0.15) is 0 Å². The van der Waals surface area contributed by atoms with Crippen LogP contribution in [0.5, 0.6) is 0 Å². The van der Waals surface area contributed by atoms with Gasteiger partial charge in [-0.2, -0.15) is 0 Å². The first-order chi connectivity index (χ1) is 31.3. The van der Waals surface area contributed by atoms with Gasteiger partial charge in [-0.3, -0.25) is 0 Å². The molecule has 0 saturated heterocycles. The molecule has 0 saturated carbocycles. The van der Waals surface area contributed by atoms with E-state index in [-0.39, 0.29) is 13.4 Å². The van der Waals surface area contributed by atoms with E-state index < -0.39 is 0 Å². The second-order valence-corrected chi connectivity index (χ2v) is 17.5. The normalized spacial score (nSPS) is 12.7. The summed E-state index contributed by atoms with van der Waals surface area (Å²) >= 11 is 0. The van der Waals surface area contributed by atoms with Gasteiger partial charge < -0.3 is 4.57 Å². The van der Waals surface area contributed by atoms with Gasteiger partial charge in [-0.25, -0.2) is 0 Å². The van der Waals surface area contributed by atoms with Crippen molar-refractivity contribution < 1.29 is 0 Å².